The Labute approximate surface area is 249 Å². The number of likely N-dealkylation sites (N-methyl/N-ethyl adjacent to an activating group) is 1. The number of nitrogens with one attached hydrogen (secondary N) is 3. The Balaban J connectivity index is 1.49. The van der Waals surface area contributed by atoms with Crippen molar-refractivity contribution in [2.24, 2.45) is 0 Å². The lowest BCUT2D eigenvalue weighted by Gasteiger charge is -2.25. The van der Waals surface area contributed by atoms with Gasteiger partial charge in [0.15, 0.2) is 5.15 Å². The van der Waals surface area contributed by atoms with E-state index in [1.165, 1.54) is 0 Å². The maximum atomic E-state index is 13.7. The van der Waals surface area contributed by atoms with Crippen molar-refractivity contribution in [1.82, 2.24) is 45.5 Å². The summed E-state index contributed by atoms with van der Waals surface area (Å²) in [6.07, 6.45) is 6.15. The Morgan fingerprint density at radius 2 is 1.90 bits per heavy atom. The zero-order valence-corrected chi connectivity index (χ0v) is 24.6. The Kier molecular flexibility index (Phi) is 9.40. The van der Waals surface area contributed by atoms with E-state index in [1.54, 1.807) is 12.4 Å². The SMILES string of the molecule is CCCCc1nc(Cl)c([C@@H](Cc2ccc(-c3ccccc3)c(-c3nn[nH]n3)c2)OC(=O)[C@@H](Cc2ncc[nH]2)N(C)C)[nH]1. The highest BCUT2D eigenvalue weighted by Gasteiger charge is 2.30. The summed E-state index contributed by atoms with van der Waals surface area (Å²) < 4.78 is 6.23. The van der Waals surface area contributed by atoms with Gasteiger partial charge in [-0.15, -0.1) is 10.2 Å². The first kappa shape index (κ1) is 29.2. The molecular formula is C30H34ClN9O2. The number of aromatic nitrogens is 8. The number of benzene rings is 2. The molecule has 0 aliphatic rings. The first-order valence-corrected chi connectivity index (χ1v) is 14.3. The first-order chi connectivity index (χ1) is 20.4. The second-order valence-corrected chi connectivity index (χ2v) is 10.7. The number of hydrogen-bond donors (Lipinski definition) is 3. The fraction of sp³-hybridized carbons (Fsp3) is 0.333. The lowest BCUT2D eigenvalue weighted by molar-refractivity contribution is -0.155. The Morgan fingerprint density at radius 1 is 1.07 bits per heavy atom. The minimum Gasteiger partial charge on any atom is -0.454 e. The van der Waals surface area contributed by atoms with Crippen LogP contribution in [0.5, 0.6) is 0 Å². The molecule has 0 fully saturated rings. The van der Waals surface area contributed by atoms with E-state index in [1.807, 2.05) is 67.5 Å². The standard InChI is InChI=1S/C30H34ClN9O2/c1-4-5-11-25-34-27(28(31)35-25)24(42-30(41)23(40(2)3)18-26-32-14-15-33-26)17-19-12-13-21(20-9-7-6-8-10-20)22(16-19)29-36-38-39-37-29/h6-10,12-16,23-24H,4-5,11,17-18H2,1-3H3,(H,32,33)(H,34,35)(H,36,37,38,39)/t23-,24-/m1/s1. The lowest BCUT2D eigenvalue weighted by atomic mass is 9.95. The molecular weight excluding hydrogens is 554 g/mol. The monoisotopic (exact) mass is 587 g/mol. The van der Waals surface area contributed by atoms with Crippen molar-refractivity contribution in [3.8, 4) is 22.5 Å². The summed E-state index contributed by atoms with van der Waals surface area (Å²) in [6.45, 7) is 2.12. The van der Waals surface area contributed by atoms with E-state index in [4.69, 9.17) is 16.3 Å². The van der Waals surface area contributed by atoms with Crippen molar-refractivity contribution in [1.29, 1.82) is 0 Å². The van der Waals surface area contributed by atoms with Gasteiger partial charge in [-0.05, 0) is 48.5 Å². The van der Waals surface area contributed by atoms with Gasteiger partial charge in [-0.3, -0.25) is 9.69 Å². The van der Waals surface area contributed by atoms with Crippen LogP contribution in [0.15, 0.2) is 60.9 Å². The van der Waals surface area contributed by atoms with E-state index in [9.17, 15) is 4.79 Å². The third-order valence-corrected chi connectivity index (χ3v) is 7.38. The van der Waals surface area contributed by atoms with Crippen LogP contribution in [-0.2, 0) is 28.8 Å². The average Bonchev–Trinajstić information content (AvgIpc) is 3.78. The smallest absolute Gasteiger partial charge is 0.324 e. The number of rotatable bonds is 13. The number of imidazole rings is 2. The number of unbranched alkanes of at least 4 members (excludes halogenated alkanes) is 1. The zero-order chi connectivity index (χ0) is 29.5. The second kappa shape index (κ2) is 13.5. The number of ether oxygens (including phenoxy) is 1. The molecule has 2 atom stereocenters. The number of halogens is 1. The number of esters is 1. The van der Waals surface area contributed by atoms with Gasteiger partial charge in [0, 0.05) is 37.2 Å². The zero-order valence-electron chi connectivity index (χ0n) is 23.8. The molecule has 0 bridgehead atoms. The van der Waals surface area contributed by atoms with Crippen LogP contribution >= 0.6 is 11.6 Å². The van der Waals surface area contributed by atoms with Gasteiger partial charge < -0.3 is 14.7 Å². The predicted molar refractivity (Wildman–Crippen MR) is 160 cm³/mol. The first-order valence-electron chi connectivity index (χ1n) is 13.9. The number of hydrogen-bond acceptors (Lipinski definition) is 8. The van der Waals surface area contributed by atoms with Crippen LogP contribution in [0.25, 0.3) is 22.5 Å². The highest BCUT2D eigenvalue weighted by Crippen LogP contribution is 2.34. The van der Waals surface area contributed by atoms with Gasteiger partial charge in [-0.2, -0.15) is 5.21 Å². The molecule has 0 spiro atoms. The predicted octanol–water partition coefficient (Wildman–Crippen LogP) is 4.98. The summed E-state index contributed by atoms with van der Waals surface area (Å²) in [4.78, 5) is 30.7. The van der Waals surface area contributed by atoms with E-state index in [-0.39, 0.29) is 5.97 Å². The van der Waals surface area contributed by atoms with Crippen molar-refractivity contribution in [3.05, 3.63) is 89.0 Å². The molecule has 11 nitrogen and oxygen atoms in total. The summed E-state index contributed by atoms with van der Waals surface area (Å²) in [5.41, 5.74) is 4.26. The number of H-pyrrole nitrogens is 3. The number of aryl methyl sites for hydroxylation is 1. The number of aromatic amines is 3. The van der Waals surface area contributed by atoms with Crippen molar-refractivity contribution < 1.29 is 9.53 Å². The van der Waals surface area contributed by atoms with E-state index >= 15 is 0 Å². The second-order valence-electron chi connectivity index (χ2n) is 10.3. The maximum Gasteiger partial charge on any atom is 0.324 e. The molecule has 0 saturated heterocycles. The van der Waals surface area contributed by atoms with Crippen molar-refractivity contribution >= 4 is 17.6 Å². The van der Waals surface area contributed by atoms with Crippen LogP contribution in [0.4, 0.5) is 0 Å². The molecule has 5 rings (SSSR count). The Morgan fingerprint density at radius 3 is 2.60 bits per heavy atom. The summed E-state index contributed by atoms with van der Waals surface area (Å²) in [6, 6.07) is 15.5. The topological polar surface area (TPSA) is 141 Å². The third-order valence-electron chi connectivity index (χ3n) is 7.09. The van der Waals surface area contributed by atoms with Crippen LogP contribution < -0.4 is 0 Å². The van der Waals surface area contributed by atoms with Crippen LogP contribution in [0.1, 0.15) is 48.8 Å². The fourth-order valence-electron chi connectivity index (χ4n) is 4.84. The molecule has 5 aromatic rings. The number of carbonyl (C=O) groups is 1. The molecule has 3 aromatic heterocycles. The molecule has 0 aliphatic carbocycles. The molecule has 3 N–H and O–H groups in total. The summed E-state index contributed by atoms with van der Waals surface area (Å²) in [5, 5.41) is 15.1. The van der Waals surface area contributed by atoms with Crippen molar-refractivity contribution in [3.63, 3.8) is 0 Å². The number of nitrogens with zero attached hydrogens (tertiary/aromatic N) is 6. The molecule has 0 unspecified atom stereocenters. The van der Waals surface area contributed by atoms with Gasteiger partial charge in [-0.25, -0.2) is 9.97 Å². The van der Waals surface area contributed by atoms with Gasteiger partial charge in [0.1, 0.15) is 23.8 Å². The van der Waals surface area contributed by atoms with Gasteiger partial charge >= 0.3 is 5.97 Å². The fourth-order valence-corrected chi connectivity index (χ4v) is 5.11. The molecule has 0 aliphatic heterocycles. The van der Waals surface area contributed by atoms with Crippen LogP contribution in [-0.4, -0.2) is 71.6 Å². The molecule has 3 heterocycles. The molecule has 0 radical (unpaired) electrons. The van der Waals surface area contributed by atoms with Crippen LogP contribution in [0, 0.1) is 0 Å². The number of tetrazole rings is 1. The quantitative estimate of drug-likeness (QED) is 0.164. The molecule has 218 valence electrons. The molecule has 2 aromatic carbocycles. The lowest BCUT2D eigenvalue weighted by Crippen LogP contribution is -2.40. The van der Waals surface area contributed by atoms with E-state index < -0.39 is 12.1 Å². The largest absolute Gasteiger partial charge is 0.454 e. The van der Waals surface area contributed by atoms with E-state index in [0.29, 0.717) is 35.3 Å². The highest BCUT2D eigenvalue weighted by molar-refractivity contribution is 6.30. The van der Waals surface area contributed by atoms with Crippen molar-refractivity contribution in [2.45, 2.75) is 51.2 Å². The molecule has 0 amide bonds. The van der Waals surface area contributed by atoms with Crippen LogP contribution in [0.2, 0.25) is 5.15 Å². The average molecular weight is 588 g/mol. The van der Waals surface area contributed by atoms with Gasteiger partial charge in [0.25, 0.3) is 0 Å². The molecule has 12 heteroatoms. The maximum absolute atomic E-state index is 13.7. The van der Waals surface area contributed by atoms with Gasteiger partial charge in [-0.1, -0.05) is 67.4 Å². The molecule has 0 saturated carbocycles. The normalized spacial score (nSPS) is 12.9. The van der Waals surface area contributed by atoms with Crippen molar-refractivity contribution in [2.75, 3.05) is 14.1 Å². The minimum absolute atomic E-state index is 0.297. The summed E-state index contributed by atoms with van der Waals surface area (Å²) in [5.74, 6) is 1.55. The Bertz CT molecular complexity index is 1570. The summed E-state index contributed by atoms with van der Waals surface area (Å²) in [7, 11) is 3.69. The van der Waals surface area contributed by atoms with Crippen LogP contribution in [0.3, 0.4) is 0 Å². The minimum atomic E-state index is -0.715. The molecule has 42 heavy (non-hydrogen) atoms. The van der Waals surface area contributed by atoms with Gasteiger partial charge in [0.2, 0.25) is 5.82 Å². The van der Waals surface area contributed by atoms with E-state index in [2.05, 4.69) is 47.5 Å². The third kappa shape index (κ3) is 6.92. The van der Waals surface area contributed by atoms with Gasteiger partial charge in [0.05, 0.1) is 5.69 Å². The van der Waals surface area contributed by atoms with E-state index in [0.717, 1.165) is 47.3 Å². The number of carbonyl (C=O) groups excluding carboxylic acids is 1. The highest BCUT2D eigenvalue weighted by atomic mass is 35.5. The summed E-state index contributed by atoms with van der Waals surface area (Å²) >= 11 is 6.65. The Hall–Kier alpha value is -4.35.